The molecule has 29 heavy (non-hydrogen) atoms. The summed E-state index contributed by atoms with van der Waals surface area (Å²) < 4.78 is 19.0. The van der Waals surface area contributed by atoms with Gasteiger partial charge in [0.05, 0.1) is 12.2 Å². The van der Waals surface area contributed by atoms with E-state index in [9.17, 15) is 9.18 Å². The maximum atomic E-state index is 13.5. The molecule has 2 aromatic heterocycles. The molecule has 0 radical (unpaired) electrons. The number of amides is 1. The number of nitrogens with zero attached hydrogens (tertiary/aromatic N) is 3. The zero-order valence-electron chi connectivity index (χ0n) is 16.3. The van der Waals surface area contributed by atoms with Gasteiger partial charge >= 0.3 is 0 Å². The molecule has 3 aromatic rings. The third-order valence-corrected chi connectivity index (χ3v) is 5.20. The zero-order chi connectivity index (χ0) is 20.2. The summed E-state index contributed by atoms with van der Waals surface area (Å²) in [5, 5.41) is 2.96. The smallest absolute Gasteiger partial charge is 0.223 e. The van der Waals surface area contributed by atoms with Crippen LogP contribution in [0.2, 0.25) is 0 Å². The van der Waals surface area contributed by atoms with Crippen LogP contribution < -0.4 is 10.2 Å². The fourth-order valence-electron chi connectivity index (χ4n) is 3.60. The van der Waals surface area contributed by atoms with E-state index in [2.05, 4.69) is 20.2 Å². The zero-order valence-corrected chi connectivity index (χ0v) is 16.3. The quantitative estimate of drug-likeness (QED) is 0.714. The number of nitrogens with one attached hydrogen (secondary N) is 1. The first-order valence-corrected chi connectivity index (χ1v) is 9.74. The van der Waals surface area contributed by atoms with Gasteiger partial charge < -0.3 is 14.6 Å². The van der Waals surface area contributed by atoms with Crippen molar-refractivity contribution in [3.8, 4) is 11.3 Å². The minimum absolute atomic E-state index is 0.0214. The lowest BCUT2D eigenvalue weighted by Gasteiger charge is -2.32. The van der Waals surface area contributed by atoms with Gasteiger partial charge in [0.15, 0.2) is 0 Å². The molecule has 4 rings (SSSR count). The monoisotopic (exact) mass is 394 g/mol. The van der Waals surface area contributed by atoms with Gasteiger partial charge in [-0.2, -0.15) is 0 Å². The van der Waals surface area contributed by atoms with Crippen molar-refractivity contribution in [2.24, 2.45) is 5.92 Å². The highest BCUT2D eigenvalue weighted by Gasteiger charge is 2.26. The Morgan fingerprint density at radius 2 is 2.03 bits per heavy atom. The number of aromatic nitrogens is 2. The number of hydrogen-bond acceptors (Lipinski definition) is 5. The average Bonchev–Trinajstić information content (AvgIpc) is 3.17. The number of hydrogen-bond donors (Lipinski definition) is 1. The summed E-state index contributed by atoms with van der Waals surface area (Å²) in [6.45, 7) is 3.76. The Balaban J connectivity index is 1.34. The molecule has 1 N–H and O–H groups in total. The molecule has 150 valence electrons. The molecule has 6 nitrogen and oxygen atoms in total. The second-order valence-electron chi connectivity index (χ2n) is 7.26. The minimum Gasteiger partial charge on any atom is -0.465 e. The summed E-state index contributed by atoms with van der Waals surface area (Å²) in [6.07, 6.45) is 3.00. The molecule has 1 aliphatic heterocycles. The van der Waals surface area contributed by atoms with Gasteiger partial charge in [-0.1, -0.05) is 12.1 Å². The van der Waals surface area contributed by atoms with Crippen LogP contribution in [0.3, 0.4) is 0 Å². The molecular weight excluding hydrogens is 371 g/mol. The average molecular weight is 394 g/mol. The molecule has 7 heteroatoms. The second kappa shape index (κ2) is 8.43. The highest BCUT2D eigenvalue weighted by Crippen LogP contribution is 2.25. The second-order valence-corrected chi connectivity index (χ2v) is 7.26. The molecule has 1 fully saturated rings. The van der Waals surface area contributed by atoms with Crippen molar-refractivity contribution in [3.63, 3.8) is 0 Å². The lowest BCUT2D eigenvalue weighted by Crippen LogP contribution is -2.40. The number of benzene rings is 1. The SMILES string of the molecule is Cc1ccc(CNC(=O)C2CCN(c3cc(-c4cccc(F)c4)ncn3)CC2)o1. The van der Waals surface area contributed by atoms with E-state index >= 15 is 0 Å². The number of anilines is 1. The van der Waals surface area contributed by atoms with Crippen molar-refractivity contribution in [2.45, 2.75) is 26.3 Å². The minimum atomic E-state index is -0.292. The van der Waals surface area contributed by atoms with Gasteiger partial charge in [-0.25, -0.2) is 14.4 Å². The highest BCUT2D eigenvalue weighted by atomic mass is 19.1. The van der Waals surface area contributed by atoms with Crippen LogP contribution >= 0.6 is 0 Å². The molecule has 0 atom stereocenters. The van der Waals surface area contributed by atoms with Crippen molar-refractivity contribution in [3.05, 3.63) is 66.1 Å². The van der Waals surface area contributed by atoms with Crippen molar-refractivity contribution >= 4 is 11.7 Å². The van der Waals surface area contributed by atoms with Gasteiger partial charge in [-0.05, 0) is 44.0 Å². The van der Waals surface area contributed by atoms with Crippen molar-refractivity contribution in [1.82, 2.24) is 15.3 Å². The van der Waals surface area contributed by atoms with E-state index in [0.29, 0.717) is 12.2 Å². The van der Waals surface area contributed by atoms with Gasteiger partial charge in [0.1, 0.15) is 29.5 Å². The number of rotatable bonds is 5. The largest absolute Gasteiger partial charge is 0.465 e. The number of halogens is 1. The number of carbonyl (C=O) groups is 1. The standard InChI is InChI=1S/C22H23FN4O2/c1-15-5-6-19(29-15)13-24-22(28)16-7-9-27(10-8-16)21-12-20(25-14-26-21)17-3-2-4-18(23)11-17/h2-6,11-12,14,16H,7-10,13H2,1H3,(H,24,28). The highest BCUT2D eigenvalue weighted by molar-refractivity contribution is 5.79. The first-order valence-electron chi connectivity index (χ1n) is 9.74. The molecule has 1 saturated heterocycles. The molecule has 3 heterocycles. The normalized spacial score (nSPS) is 14.8. The Labute approximate surface area is 168 Å². The molecule has 0 unspecified atom stereocenters. The van der Waals surface area contributed by atoms with Gasteiger partial charge in [-0.3, -0.25) is 4.79 Å². The van der Waals surface area contributed by atoms with Crippen LogP contribution in [0.4, 0.5) is 10.2 Å². The van der Waals surface area contributed by atoms with Crippen LogP contribution in [0.5, 0.6) is 0 Å². The molecular formula is C22H23FN4O2. The molecule has 0 saturated carbocycles. The fourth-order valence-corrected chi connectivity index (χ4v) is 3.60. The van der Waals surface area contributed by atoms with E-state index in [-0.39, 0.29) is 17.6 Å². The van der Waals surface area contributed by atoms with Gasteiger partial charge in [0.25, 0.3) is 0 Å². The molecule has 1 aromatic carbocycles. The number of carbonyl (C=O) groups excluding carboxylic acids is 1. The van der Waals surface area contributed by atoms with Crippen molar-refractivity contribution in [1.29, 1.82) is 0 Å². The molecule has 0 spiro atoms. The predicted molar refractivity (Wildman–Crippen MR) is 108 cm³/mol. The van der Waals surface area contributed by atoms with E-state index in [4.69, 9.17) is 4.42 Å². The maximum Gasteiger partial charge on any atom is 0.223 e. The Morgan fingerprint density at radius 3 is 2.76 bits per heavy atom. The van der Waals surface area contributed by atoms with E-state index in [1.165, 1.54) is 18.5 Å². The van der Waals surface area contributed by atoms with Crippen LogP contribution in [0.15, 0.2) is 53.2 Å². The third kappa shape index (κ3) is 4.62. The first kappa shape index (κ1) is 19.1. The Bertz CT molecular complexity index is 996. The summed E-state index contributed by atoms with van der Waals surface area (Å²) in [7, 11) is 0. The molecule has 1 amide bonds. The number of piperidine rings is 1. The number of furan rings is 1. The Hall–Kier alpha value is -3.22. The van der Waals surface area contributed by atoms with E-state index in [0.717, 1.165) is 48.8 Å². The van der Waals surface area contributed by atoms with Crippen LogP contribution in [0.25, 0.3) is 11.3 Å². The summed E-state index contributed by atoms with van der Waals surface area (Å²) >= 11 is 0. The van der Waals surface area contributed by atoms with E-state index in [1.54, 1.807) is 6.07 Å². The fraction of sp³-hybridized carbons (Fsp3) is 0.318. The van der Waals surface area contributed by atoms with E-state index in [1.807, 2.05) is 31.2 Å². The summed E-state index contributed by atoms with van der Waals surface area (Å²) in [5.41, 5.74) is 1.40. The predicted octanol–water partition coefficient (Wildman–Crippen LogP) is 3.72. The maximum absolute atomic E-state index is 13.5. The van der Waals surface area contributed by atoms with Gasteiger partial charge in [0, 0.05) is 30.6 Å². The molecule has 0 bridgehead atoms. The summed E-state index contributed by atoms with van der Waals surface area (Å²) in [4.78, 5) is 23.2. The third-order valence-electron chi connectivity index (χ3n) is 5.20. The molecule has 1 aliphatic rings. The Kier molecular flexibility index (Phi) is 5.55. The van der Waals surface area contributed by atoms with Gasteiger partial charge in [0.2, 0.25) is 5.91 Å². The van der Waals surface area contributed by atoms with Crippen LogP contribution in [-0.4, -0.2) is 29.0 Å². The Morgan fingerprint density at radius 1 is 1.21 bits per heavy atom. The summed E-state index contributed by atoms with van der Waals surface area (Å²) in [6, 6.07) is 12.0. The summed E-state index contributed by atoms with van der Waals surface area (Å²) in [5.74, 6) is 2.14. The van der Waals surface area contributed by atoms with Gasteiger partial charge in [-0.15, -0.1) is 0 Å². The van der Waals surface area contributed by atoms with Crippen LogP contribution in [0.1, 0.15) is 24.4 Å². The lowest BCUT2D eigenvalue weighted by atomic mass is 9.96. The first-order chi connectivity index (χ1) is 14.1. The van der Waals surface area contributed by atoms with E-state index < -0.39 is 0 Å². The van der Waals surface area contributed by atoms with Crippen molar-refractivity contribution < 1.29 is 13.6 Å². The molecule has 0 aliphatic carbocycles. The lowest BCUT2D eigenvalue weighted by molar-refractivity contribution is -0.125. The van der Waals surface area contributed by atoms with Crippen LogP contribution in [-0.2, 0) is 11.3 Å². The van der Waals surface area contributed by atoms with Crippen molar-refractivity contribution in [2.75, 3.05) is 18.0 Å². The topological polar surface area (TPSA) is 71.3 Å². The number of aryl methyl sites for hydroxylation is 1. The van der Waals surface area contributed by atoms with Crippen LogP contribution in [0, 0.1) is 18.7 Å².